The van der Waals surface area contributed by atoms with Gasteiger partial charge in [0.25, 0.3) is 0 Å². The topological polar surface area (TPSA) is 95.5 Å². The SMILES string of the molecule is O=C1C[C@H](C(=O)Nc2ccc(-c3ccccc3)cc2)N=C(Nc2nc3ccccc3s2)N1. The third kappa shape index (κ3) is 4.35. The highest BCUT2D eigenvalue weighted by Crippen LogP contribution is 2.26. The van der Waals surface area contributed by atoms with E-state index in [0.717, 1.165) is 21.3 Å². The Balaban J connectivity index is 1.28. The smallest absolute Gasteiger partial charge is 0.249 e. The summed E-state index contributed by atoms with van der Waals surface area (Å²) in [5.74, 6) is -0.390. The second kappa shape index (κ2) is 8.60. The molecule has 0 bridgehead atoms. The van der Waals surface area contributed by atoms with E-state index in [1.807, 2.05) is 78.9 Å². The van der Waals surface area contributed by atoms with Crippen LogP contribution in [0.1, 0.15) is 6.42 Å². The number of nitrogens with zero attached hydrogens (tertiary/aromatic N) is 2. The number of benzene rings is 3. The van der Waals surface area contributed by atoms with E-state index in [2.05, 4.69) is 25.9 Å². The molecule has 3 N–H and O–H groups in total. The molecular formula is C24H19N5O2S. The van der Waals surface area contributed by atoms with E-state index in [9.17, 15) is 9.59 Å². The average Bonchev–Trinajstić information content (AvgIpc) is 3.22. The number of hydrogen-bond acceptors (Lipinski definition) is 6. The van der Waals surface area contributed by atoms with Crippen LogP contribution in [-0.2, 0) is 9.59 Å². The van der Waals surface area contributed by atoms with E-state index >= 15 is 0 Å². The van der Waals surface area contributed by atoms with E-state index in [0.29, 0.717) is 10.8 Å². The van der Waals surface area contributed by atoms with Crippen LogP contribution < -0.4 is 16.0 Å². The van der Waals surface area contributed by atoms with Crippen LogP contribution in [0.3, 0.4) is 0 Å². The molecule has 1 aliphatic rings. The summed E-state index contributed by atoms with van der Waals surface area (Å²) in [5.41, 5.74) is 3.66. The van der Waals surface area contributed by atoms with E-state index < -0.39 is 6.04 Å². The first-order valence-corrected chi connectivity index (χ1v) is 10.9. The van der Waals surface area contributed by atoms with Gasteiger partial charge in [0.2, 0.25) is 17.8 Å². The van der Waals surface area contributed by atoms with Gasteiger partial charge in [0.15, 0.2) is 5.13 Å². The van der Waals surface area contributed by atoms with Crippen molar-refractivity contribution in [3.63, 3.8) is 0 Å². The number of fused-ring (bicyclic) bond motifs is 1. The van der Waals surface area contributed by atoms with Crippen LogP contribution in [0, 0.1) is 0 Å². The zero-order valence-electron chi connectivity index (χ0n) is 16.9. The Bertz CT molecular complexity index is 1280. The molecule has 0 aliphatic carbocycles. The van der Waals surface area contributed by atoms with Crippen molar-refractivity contribution in [2.24, 2.45) is 4.99 Å². The molecule has 0 saturated heterocycles. The van der Waals surface area contributed by atoms with Crippen molar-refractivity contribution in [2.75, 3.05) is 10.6 Å². The van der Waals surface area contributed by atoms with Crippen LogP contribution in [0.4, 0.5) is 10.8 Å². The van der Waals surface area contributed by atoms with Gasteiger partial charge in [-0.15, -0.1) is 0 Å². The number of para-hydroxylation sites is 1. The van der Waals surface area contributed by atoms with Gasteiger partial charge >= 0.3 is 0 Å². The Labute approximate surface area is 188 Å². The monoisotopic (exact) mass is 441 g/mol. The molecule has 158 valence electrons. The molecule has 3 aromatic carbocycles. The van der Waals surface area contributed by atoms with Gasteiger partial charge in [0.05, 0.1) is 16.6 Å². The van der Waals surface area contributed by atoms with E-state index in [1.165, 1.54) is 11.3 Å². The minimum absolute atomic E-state index is 0.0149. The standard InChI is InChI=1S/C24H19N5O2S/c30-21-14-19(26-23(28-21)29-24-27-18-8-4-5-9-20(18)32-24)22(31)25-17-12-10-16(11-13-17)15-6-2-1-3-7-15/h1-13,19H,14H2,(H,25,31)(H2,26,27,28,29,30)/t19-/m1/s1. The number of nitrogens with one attached hydrogen (secondary N) is 3. The minimum atomic E-state index is -0.825. The van der Waals surface area contributed by atoms with Crippen LogP contribution in [0.5, 0.6) is 0 Å². The van der Waals surface area contributed by atoms with Crippen molar-refractivity contribution in [1.29, 1.82) is 0 Å². The van der Waals surface area contributed by atoms with Crippen molar-refractivity contribution in [3.05, 3.63) is 78.9 Å². The lowest BCUT2D eigenvalue weighted by molar-refractivity contribution is -0.124. The van der Waals surface area contributed by atoms with Crippen molar-refractivity contribution in [1.82, 2.24) is 10.3 Å². The van der Waals surface area contributed by atoms with Crippen molar-refractivity contribution >= 4 is 50.1 Å². The summed E-state index contributed by atoms with van der Waals surface area (Å²) in [6.07, 6.45) is -0.0149. The number of thiazole rings is 1. The number of guanidine groups is 1. The van der Waals surface area contributed by atoms with Crippen molar-refractivity contribution in [2.45, 2.75) is 12.5 Å². The minimum Gasteiger partial charge on any atom is -0.324 e. The Morgan fingerprint density at radius 1 is 0.938 bits per heavy atom. The number of hydrogen-bond donors (Lipinski definition) is 3. The van der Waals surface area contributed by atoms with E-state index in [1.54, 1.807) is 0 Å². The molecule has 32 heavy (non-hydrogen) atoms. The third-order valence-electron chi connectivity index (χ3n) is 5.00. The number of carbonyl (C=O) groups excluding carboxylic acids is 2. The summed E-state index contributed by atoms with van der Waals surface area (Å²) in [4.78, 5) is 33.8. The van der Waals surface area contributed by atoms with Gasteiger partial charge in [-0.1, -0.05) is 65.9 Å². The Hall–Kier alpha value is -4.04. The molecule has 5 rings (SSSR count). The number of rotatable bonds is 4. The first-order chi connectivity index (χ1) is 15.6. The van der Waals surface area contributed by atoms with Crippen LogP contribution in [0.25, 0.3) is 21.3 Å². The highest BCUT2D eigenvalue weighted by molar-refractivity contribution is 7.22. The molecule has 0 radical (unpaired) electrons. The van der Waals surface area contributed by atoms with E-state index in [4.69, 9.17) is 0 Å². The molecule has 4 aromatic rings. The summed E-state index contributed by atoms with van der Waals surface area (Å²) in [5, 5.41) is 9.14. The fourth-order valence-corrected chi connectivity index (χ4v) is 4.30. The maximum Gasteiger partial charge on any atom is 0.249 e. The molecule has 7 nitrogen and oxygen atoms in total. The number of amides is 2. The molecule has 1 atom stereocenters. The van der Waals surface area contributed by atoms with E-state index in [-0.39, 0.29) is 24.2 Å². The number of aromatic nitrogens is 1. The van der Waals surface area contributed by atoms with Gasteiger partial charge in [-0.3, -0.25) is 14.9 Å². The predicted octanol–water partition coefficient (Wildman–Crippen LogP) is 4.26. The van der Waals surface area contributed by atoms with Gasteiger partial charge in [-0.2, -0.15) is 0 Å². The van der Waals surface area contributed by atoms with Gasteiger partial charge in [0, 0.05) is 5.69 Å². The fraction of sp³-hybridized carbons (Fsp3) is 0.0833. The maximum atomic E-state index is 12.8. The maximum absolute atomic E-state index is 12.8. The van der Waals surface area contributed by atoms with Crippen LogP contribution in [0.2, 0.25) is 0 Å². The molecule has 1 aliphatic heterocycles. The number of aliphatic imine (C=N–C) groups is 1. The zero-order chi connectivity index (χ0) is 21.9. The summed E-state index contributed by atoms with van der Waals surface area (Å²) in [7, 11) is 0. The van der Waals surface area contributed by atoms with Crippen LogP contribution >= 0.6 is 11.3 Å². The molecule has 2 heterocycles. The summed E-state index contributed by atoms with van der Waals surface area (Å²) in [6, 6.07) is 24.5. The Kier molecular flexibility index (Phi) is 5.35. The molecule has 0 unspecified atom stereocenters. The molecular weight excluding hydrogens is 422 g/mol. The van der Waals surface area contributed by atoms with Gasteiger partial charge in [-0.25, -0.2) is 9.98 Å². The predicted molar refractivity (Wildman–Crippen MR) is 128 cm³/mol. The molecule has 8 heteroatoms. The zero-order valence-corrected chi connectivity index (χ0v) is 17.7. The summed E-state index contributed by atoms with van der Waals surface area (Å²) < 4.78 is 1.02. The van der Waals surface area contributed by atoms with Gasteiger partial charge in [0.1, 0.15) is 6.04 Å². The van der Waals surface area contributed by atoms with Crippen LogP contribution in [-0.4, -0.2) is 28.8 Å². The fourth-order valence-electron chi connectivity index (χ4n) is 3.44. The number of carbonyl (C=O) groups is 2. The van der Waals surface area contributed by atoms with Crippen molar-refractivity contribution < 1.29 is 9.59 Å². The van der Waals surface area contributed by atoms with Crippen LogP contribution in [0.15, 0.2) is 83.9 Å². The lowest BCUT2D eigenvalue weighted by Gasteiger charge is -2.20. The highest BCUT2D eigenvalue weighted by Gasteiger charge is 2.27. The number of anilines is 2. The quantitative estimate of drug-likeness (QED) is 0.441. The summed E-state index contributed by atoms with van der Waals surface area (Å²) in [6.45, 7) is 0. The Morgan fingerprint density at radius 3 is 2.44 bits per heavy atom. The largest absolute Gasteiger partial charge is 0.324 e. The molecule has 2 amide bonds. The lowest BCUT2D eigenvalue weighted by atomic mass is 10.1. The molecule has 0 spiro atoms. The summed E-state index contributed by atoms with van der Waals surface area (Å²) >= 11 is 1.45. The molecule has 0 fully saturated rings. The van der Waals surface area contributed by atoms with Gasteiger partial charge in [-0.05, 0) is 35.4 Å². The third-order valence-corrected chi connectivity index (χ3v) is 5.95. The second-order valence-corrected chi connectivity index (χ2v) is 8.32. The average molecular weight is 442 g/mol. The lowest BCUT2D eigenvalue weighted by Crippen LogP contribution is -2.45. The van der Waals surface area contributed by atoms with Crippen molar-refractivity contribution in [3.8, 4) is 11.1 Å². The second-order valence-electron chi connectivity index (χ2n) is 7.29. The normalized spacial score (nSPS) is 15.7. The Morgan fingerprint density at radius 2 is 1.66 bits per heavy atom. The first-order valence-electron chi connectivity index (χ1n) is 10.1. The highest BCUT2D eigenvalue weighted by atomic mass is 32.1. The molecule has 1 aromatic heterocycles. The molecule has 0 saturated carbocycles. The van der Waals surface area contributed by atoms with Gasteiger partial charge < -0.3 is 10.6 Å². The first kappa shape index (κ1) is 19.9.